The fourth-order valence-electron chi connectivity index (χ4n) is 0.889. The summed E-state index contributed by atoms with van der Waals surface area (Å²) in [6.07, 6.45) is -0.777. The lowest BCUT2D eigenvalue weighted by Gasteiger charge is -2.21. The second kappa shape index (κ2) is 6.59. The Kier molecular flexibility index (Phi) is 5.84. The molecule has 1 atom stereocenters. The van der Waals surface area contributed by atoms with E-state index in [4.69, 9.17) is 10.3 Å². The van der Waals surface area contributed by atoms with Crippen molar-refractivity contribution in [3.8, 4) is 0 Å². The third-order valence-corrected chi connectivity index (χ3v) is 1.50. The van der Waals surface area contributed by atoms with Crippen molar-refractivity contribution in [1.82, 2.24) is 5.32 Å². The summed E-state index contributed by atoms with van der Waals surface area (Å²) in [4.78, 5) is 25.1. The van der Waals surface area contributed by atoms with Gasteiger partial charge in [0, 0.05) is 4.91 Å². The van der Waals surface area contributed by atoms with Crippen LogP contribution in [0.2, 0.25) is 0 Å². The van der Waals surface area contributed by atoms with Crippen molar-refractivity contribution in [3.05, 3.63) is 10.4 Å². The fraction of sp³-hybridized carbons (Fsp3) is 0.778. The summed E-state index contributed by atoms with van der Waals surface area (Å²) in [5, 5.41) is 5.46. The number of carbonyl (C=O) groups excluding carboxylic acids is 2. The van der Waals surface area contributed by atoms with E-state index < -0.39 is 23.7 Å². The zero-order valence-electron chi connectivity index (χ0n) is 10.3. The molecule has 0 unspecified atom stereocenters. The highest BCUT2D eigenvalue weighted by molar-refractivity contribution is 5.81. The van der Waals surface area contributed by atoms with E-state index in [0.29, 0.717) is 0 Å². The van der Waals surface area contributed by atoms with Gasteiger partial charge in [0.1, 0.15) is 11.6 Å². The molecule has 0 rings (SSSR count). The maximum Gasteiger partial charge on any atom is 0.408 e. The van der Waals surface area contributed by atoms with Crippen LogP contribution in [0.25, 0.3) is 10.4 Å². The van der Waals surface area contributed by atoms with Gasteiger partial charge in [-0.25, -0.2) is 9.59 Å². The predicted octanol–water partition coefficient (Wildman–Crippen LogP) is 1.36. The van der Waals surface area contributed by atoms with Crippen LogP contribution in [0.4, 0.5) is 4.79 Å². The summed E-state index contributed by atoms with van der Waals surface area (Å²) >= 11 is 0. The molecule has 0 fully saturated rings. The maximum atomic E-state index is 11.4. The second-order valence-corrected chi connectivity index (χ2v) is 4.14. The number of esters is 1. The molecule has 1 amide bonds. The molecule has 0 aliphatic heterocycles. The number of hydrogen-bond donors (Lipinski definition) is 1. The van der Waals surface area contributed by atoms with Crippen molar-refractivity contribution in [2.45, 2.75) is 32.4 Å². The summed E-state index contributed by atoms with van der Waals surface area (Å²) in [5.41, 5.74) is 7.48. The molecule has 96 valence electrons. The van der Waals surface area contributed by atoms with Gasteiger partial charge in [-0.1, -0.05) is 5.11 Å². The molecule has 0 radical (unpaired) electrons. The van der Waals surface area contributed by atoms with Gasteiger partial charge in [-0.2, -0.15) is 0 Å². The Labute approximate surface area is 98.9 Å². The highest BCUT2D eigenvalue weighted by Gasteiger charge is 2.24. The van der Waals surface area contributed by atoms with Gasteiger partial charge < -0.3 is 14.8 Å². The van der Waals surface area contributed by atoms with Crippen LogP contribution >= 0.6 is 0 Å². The summed E-state index contributed by atoms with van der Waals surface area (Å²) in [7, 11) is 1.17. The highest BCUT2D eigenvalue weighted by atomic mass is 16.6. The van der Waals surface area contributed by atoms with Gasteiger partial charge in [-0.05, 0) is 26.3 Å². The largest absolute Gasteiger partial charge is 0.467 e. The first-order chi connectivity index (χ1) is 7.80. The summed E-state index contributed by atoms with van der Waals surface area (Å²) in [6.45, 7) is 4.83. The minimum atomic E-state index is -1.05. The van der Waals surface area contributed by atoms with E-state index >= 15 is 0 Å². The number of carbonyl (C=O) groups is 2. The fourth-order valence-corrected chi connectivity index (χ4v) is 0.889. The molecule has 0 saturated carbocycles. The monoisotopic (exact) mass is 244 g/mol. The van der Waals surface area contributed by atoms with Crippen LogP contribution in [0.3, 0.4) is 0 Å². The van der Waals surface area contributed by atoms with Gasteiger partial charge in [0.25, 0.3) is 0 Å². The number of hydrogen-bond acceptors (Lipinski definition) is 5. The first kappa shape index (κ1) is 15.0. The first-order valence-corrected chi connectivity index (χ1v) is 4.88. The Morgan fingerprint density at radius 3 is 2.47 bits per heavy atom. The van der Waals surface area contributed by atoms with Crippen molar-refractivity contribution >= 4 is 12.1 Å². The maximum absolute atomic E-state index is 11.4. The van der Waals surface area contributed by atoms with Crippen LogP contribution < -0.4 is 5.32 Å². The van der Waals surface area contributed by atoms with Crippen LogP contribution in [-0.4, -0.2) is 37.4 Å². The molecule has 0 aromatic rings. The number of methoxy groups -OCH3 is 1. The van der Waals surface area contributed by atoms with E-state index in [2.05, 4.69) is 20.1 Å². The van der Waals surface area contributed by atoms with Crippen LogP contribution in [0, 0.1) is 0 Å². The number of nitrogens with zero attached hydrogens (tertiary/aromatic N) is 3. The molecule has 8 nitrogen and oxygen atoms in total. The van der Waals surface area contributed by atoms with E-state index in [9.17, 15) is 9.59 Å². The molecular weight excluding hydrogens is 228 g/mol. The minimum absolute atomic E-state index is 0.234. The average Bonchev–Trinajstić information content (AvgIpc) is 2.20. The number of azide groups is 1. The number of alkyl carbamates (subject to hydrolysis) is 1. The molecule has 0 bridgehead atoms. The molecule has 0 aromatic carbocycles. The lowest BCUT2D eigenvalue weighted by molar-refractivity contribution is -0.142. The Balaban J connectivity index is 4.47. The Bertz CT molecular complexity index is 330. The predicted molar refractivity (Wildman–Crippen MR) is 59.2 cm³/mol. The number of ether oxygens (including phenoxy) is 2. The summed E-state index contributed by atoms with van der Waals surface area (Å²) in [6, 6.07) is -1.05. The number of nitrogens with one attached hydrogen (secondary N) is 1. The molecular formula is C9H16N4O4. The van der Waals surface area contributed by atoms with Crippen LogP contribution in [-0.2, 0) is 14.3 Å². The Morgan fingerprint density at radius 1 is 1.47 bits per heavy atom. The van der Waals surface area contributed by atoms with E-state index in [1.807, 2.05) is 0 Å². The normalized spacial score (nSPS) is 12.0. The third kappa shape index (κ3) is 7.02. The first-order valence-electron chi connectivity index (χ1n) is 4.88. The second-order valence-electron chi connectivity index (χ2n) is 4.14. The van der Waals surface area contributed by atoms with Crippen LogP contribution in [0.15, 0.2) is 5.11 Å². The zero-order valence-corrected chi connectivity index (χ0v) is 10.3. The molecule has 0 aliphatic carbocycles. The van der Waals surface area contributed by atoms with Crippen molar-refractivity contribution < 1.29 is 19.1 Å². The van der Waals surface area contributed by atoms with Gasteiger partial charge in [0.05, 0.1) is 13.7 Å². The quantitative estimate of drug-likeness (QED) is 0.348. The molecule has 0 aliphatic rings. The van der Waals surface area contributed by atoms with Crippen molar-refractivity contribution in [1.29, 1.82) is 0 Å². The molecule has 1 N–H and O–H groups in total. The molecule has 0 saturated heterocycles. The van der Waals surface area contributed by atoms with Gasteiger partial charge >= 0.3 is 12.1 Å². The SMILES string of the molecule is COC(=O)[C@H](CN=[N+]=[N-])NC(=O)OC(C)(C)C. The Hall–Kier alpha value is -1.95. The molecule has 8 heteroatoms. The van der Waals surface area contributed by atoms with E-state index in [0.717, 1.165) is 0 Å². The Morgan fingerprint density at radius 2 is 2.06 bits per heavy atom. The van der Waals surface area contributed by atoms with Crippen LogP contribution in [0.5, 0.6) is 0 Å². The van der Waals surface area contributed by atoms with Crippen molar-refractivity contribution in [2.75, 3.05) is 13.7 Å². The minimum Gasteiger partial charge on any atom is -0.467 e. The topological polar surface area (TPSA) is 113 Å². The third-order valence-electron chi connectivity index (χ3n) is 1.50. The van der Waals surface area contributed by atoms with E-state index in [1.54, 1.807) is 20.8 Å². The highest BCUT2D eigenvalue weighted by Crippen LogP contribution is 2.07. The van der Waals surface area contributed by atoms with Crippen LogP contribution in [0.1, 0.15) is 20.8 Å². The van der Waals surface area contributed by atoms with Gasteiger partial charge in [0.15, 0.2) is 0 Å². The van der Waals surface area contributed by atoms with Crippen molar-refractivity contribution in [3.63, 3.8) is 0 Å². The lowest BCUT2D eigenvalue weighted by Crippen LogP contribution is -2.45. The lowest BCUT2D eigenvalue weighted by atomic mass is 10.2. The van der Waals surface area contributed by atoms with E-state index in [1.165, 1.54) is 7.11 Å². The smallest absolute Gasteiger partial charge is 0.408 e. The van der Waals surface area contributed by atoms with Crippen molar-refractivity contribution in [2.24, 2.45) is 5.11 Å². The molecule has 0 aromatic heterocycles. The average molecular weight is 244 g/mol. The standard InChI is InChI=1S/C9H16N4O4/c1-9(2,3)17-8(15)12-6(5-11-13-10)7(14)16-4/h6H,5H2,1-4H3,(H,12,15)/t6-/m0/s1. The number of amides is 1. The van der Waals surface area contributed by atoms with Gasteiger partial charge in [-0.15, -0.1) is 0 Å². The van der Waals surface area contributed by atoms with E-state index in [-0.39, 0.29) is 6.54 Å². The molecule has 0 heterocycles. The van der Waals surface area contributed by atoms with Gasteiger partial charge in [0.2, 0.25) is 0 Å². The molecule has 17 heavy (non-hydrogen) atoms. The van der Waals surface area contributed by atoms with Gasteiger partial charge in [-0.3, -0.25) is 0 Å². The number of rotatable bonds is 4. The summed E-state index contributed by atoms with van der Waals surface area (Å²) < 4.78 is 9.40. The molecule has 0 spiro atoms. The summed E-state index contributed by atoms with van der Waals surface area (Å²) in [5.74, 6) is -0.705. The zero-order chi connectivity index (χ0) is 13.5.